The Labute approximate surface area is 179 Å². The predicted octanol–water partition coefficient (Wildman–Crippen LogP) is 4.31. The molecule has 4 rings (SSSR count). The monoisotopic (exact) mass is 436 g/mol. The van der Waals surface area contributed by atoms with Crippen LogP contribution in [0, 0.1) is 6.92 Å². The molecule has 0 aliphatic carbocycles. The van der Waals surface area contributed by atoms with E-state index in [2.05, 4.69) is 9.71 Å². The molecule has 0 amide bonds. The first kappa shape index (κ1) is 20.6. The van der Waals surface area contributed by atoms with Crippen molar-refractivity contribution in [3.8, 4) is 0 Å². The van der Waals surface area contributed by atoms with Crippen LogP contribution in [0.15, 0.2) is 76.0 Å². The molecule has 0 atom stereocenters. The second-order valence-electron chi connectivity index (χ2n) is 7.05. The summed E-state index contributed by atoms with van der Waals surface area (Å²) in [5.74, 6) is -0.204. The largest absolute Gasteiger partial charge is 0.465 e. The number of nitrogens with zero attached hydrogens (tertiary/aromatic N) is 1. The number of hydrogen-bond acceptors (Lipinski definition) is 6. The first-order valence-electron chi connectivity index (χ1n) is 9.51. The van der Waals surface area contributed by atoms with Gasteiger partial charge >= 0.3 is 5.97 Å². The molecule has 0 bridgehead atoms. The third-order valence-electron chi connectivity index (χ3n) is 4.73. The maximum absolute atomic E-state index is 12.9. The molecule has 31 heavy (non-hydrogen) atoms. The van der Waals surface area contributed by atoms with Gasteiger partial charge in [0.05, 0.1) is 23.3 Å². The molecule has 0 spiro atoms. The molecule has 0 aliphatic rings. The molecular weight excluding hydrogens is 416 g/mol. The van der Waals surface area contributed by atoms with Gasteiger partial charge in [-0.15, -0.1) is 0 Å². The number of benzene rings is 3. The van der Waals surface area contributed by atoms with Gasteiger partial charge in [-0.25, -0.2) is 18.2 Å². The lowest BCUT2D eigenvalue weighted by Gasteiger charge is -2.10. The molecule has 3 aromatic carbocycles. The van der Waals surface area contributed by atoms with E-state index < -0.39 is 16.0 Å². The van der Waals surface area contributed by atoms with Crippen LogP contribution in [0.1, 0.15) is 27.4 Å². The maximum atomic E-state index is 12.9. The molecular formula is C23H20N2O5S. The highest BCUT2D eigenvalue weighted by Gasteiger charge is 2.21. The Balaban J connectivity index is 1.78. The van der Waals surface area contributed by atoms with Crippen LogP contribution in [0.4, 0.5) is 5.69 Å². The number of aromatic nitrogens is 1. The van der Waals surface area contributed by atoms with Crippen LogP contribution >= 0.6 is 0 Å². The van der Waals surface area contributed by atoms with Gasteiger partial charge in [-0.2, -0.15) is 0 Å². The highest BCUT2D eigenvalue weighted by molar-refractivity contribution is 7.92. The normalized spacial score (nSPS) is 11.4. The Morgan fingerprint density at radius 2 is 1.77 bits per heavy atom. The fourth-order valence-electron chi connectivity index (χ4n) is 3.16. The molecule has 1 aromatic heterocycles. The lowest BCUT2D eigenvalue weighted by atomic mass is 10.1. The van der Waals surface area contributed by atoms with Crippen molar-refractivity contribution in [3.05, 3.63) is 89.3 Å². The van der Waals surface area contributed by atoms with Crippen LogP contribution in [-0.4, -0.2) is 26.5 Å². The van der Waals surface area contributed by atoms with Gasteiger partial charge in [0.25, 0.3) is 10.0 Å². The molecule has 0 saturated heterocycles. The molecule has 8 heteroatoms. The summed E-state index contributed by atoms with van der Waals surface area (Å²) in [4.78, 5) is 16.7. The topological polar surface area (TPSA) is 98.5 Å². The van der Waals surface area contributed by atoms with Crippen LogP contribution in [0.25, 0.3) is 11.1 Å². The zero-order chi connectivity index (χ0) is 22.0. The third-order valence-corrected chi connectivity index (χ3v) is 6.11. The van der Waals surface area contributed by atoms with Crippen molar-refractivity contribution in [2.24, 2.45) is 0 Å². The zero-order valence-corrected chi connectivity index (χ0v) is 17.8. The van der Waals surface area contributed by atoms with Crippen molar-refractivity contribution in [2.75, 3.05) is 11.8 Å². The van der Waals surface area contributed by atoms with Gasteiger partial charge in [-0.1, -0.05) is 48.0 Å². The Morgan fingerprint density at radius 3 is 2.45 bits per heavy atom. The number of oxazole rings is 1. The molecule has 4 aromatic rings. The number of nitrogens with one attached hydrogen (secondary N) is 1. The molecule has 0 fully saturated rings. The van der Waals surface area contributed by atoms with E-state index >= 15 is 0 Å². The number of anilines is 1. The van der Waals surface area contributed by atoms with E-state index in [1.807, 2.05) is 37.3 Å². The standard InChI is InChI=1S/C23H20N2O5S/c1-15-8-10-18(11-9-15)31(27,28)25-20-14-17(23(26)29-2)13-19-22(20)30-21(24-19)12-16-6-4-3-5-7-16/h3-11,13-14,25H,12H2,1-2H3. The molecule has 1 heterocycles. The molecule has 1 N–H and O–H groups in total. The number of rotatable bonds is 6. The summed E-state index contributed by atoms with van der Waals surface area (Å²) < 4.78 is 39.0. The Morgan fingerprint density at radius 1 is 1.06 bits per heavy atom. The Kier molecular flexibility index (Phi) is 5.48. The van der Waals surface area contributed by atoms with E-state index in [4.69, 9.17) is 9.15 Å². The lowest BCUT2D eigenvalue weighted by molar-refractivity contribution is 0.0601. The Hall–Kier alpha value is -3.65. The number of aryl methyl sites for hydroxylation is 1. The first-order chi connectivity index (χ1) is 14.9. The number of esters is 1. The van der Waals surface area contributed by atoms with E-state index in [0.717, 1.165) is 11.1 Å². The van der Waals surface area contributed by atoms with Gasteiger partial charge < -0.3 is 9.15 Å². The van der Waals surface area contributed by atoms with E-state index in [9.17, 15) is 13.2 Å². The van der Waals surface area contributed by atoms with Crippen LogP contribution < -0.4 is 4.72 Å². The van der Waals surface area contributed by atoms with Crippen LogP contribution in [-0.2, 0) is 21.2 Å². The van der Waals surface area contributed by atoms with Gasteiger partial charge in [0, 0.05) is 6.42 Å². The number of methoxy groups -OCH3 is 1. The number of hydrogen-bond donors (Lipinski definition) is 1. The van der Waals surface area contributed by atoms with Crippen molar-refractivity contribution in [2.45, 2.75) is 18.2 Å². The summed E-state index contributed by atoms with van der Waals surface area (Å²) in [6, 6.07) is 19.0. The average molecular weight is 436 g/mol. The van der Waals surface area contributed by atoms with Gasteiger partial charge in [0.15, 0.2) is 11.5 Å². The van der Waals surface area contributed by atoms with Crippen molar-refractivity contribution in [3.63, 3.8) is 0 Å². The molecule has 0 unspecified atom stereocenters. The number of sulfonamides is 1. The van der Waals surface area contributed by atoms with E-state index in [1.165, 1.54) is 31.4 Å². The van der Waals surface area contributed by atoms with Crippen LogP contribution in [0.3, 0.4) is 0 Å². The smallest absolute Gasteiger partial charge is 0.338 e. The number of carbonyl (C=O) groups is 1. The van der Waals surface area contributed by atoms with E-state index in [-0.39, 0.29) is 21.7 Å². The van der Waals surface area contributed by atoms with Crippen LogP contribution in [0.2, 0.25) is 0 Å². The summed E-state index contributed by atoms with van der Waals surface area (Å²) in [5.41, 5.74) is 2.81. The summed E-state index contributed by atoms with van der Waals surface area (Å²) in [7, 11) is -2.65. The molecule has 7 nitrogen and oxygen atoms in total. The summed E-state index contributed by atoms with van der Waals surface area (Å²) in [5, 5.41) is 0. The van der Waals surface area contributed by atoms with Crippen molar-refractivity contribution in [1.29, 1.82) is 0 Å². The number of ether oxygens (including phenoxy) is 1. The van der Waals surface area contributed by atoms with Crippen molar-refractivity contribution in [1.82, 2.24) is 4.98 Å². The molecule has 0 radical (unpaired) electrons. The summed E-state index contributed by atoms with van der Waals surface area (Å²) in [6.45, 7) is 1.87. The second kappa shape index (κ2) is 8.23. The molecule has 158 valence electrons. The quantitative estimate of drug-likeness (QED) is 0.452. The minimum atomic E-state index is -3.91. The van der Waals surface area contributed by atoms with Gasteiger partial charge in [-0.3, -0.25) is 4.72 Å². The van der Waals surface area contributed by atoms with Gasteiger partial charge in [0.1, 0.15) is 5.52 Å². The minimum absolute atomic E-state index is 0.0961. The summed E-state index contributed by atoms with van der Waals surface area (Å²) in [6.07, 6.45) is 0.424. The third kappa shape index (κ3) is 4.44. The SMILES string of the molecule is COC(=O)c1cc(NS(=O)(=O)c2ccc(C)cc2)c2oc(Cc3ccccc3)nc2c1. The molecule has 0 aliphatic heterocycles. The second-order valence-corrected chi connectivity index (χ2v) is 8.73. The van der Waals surface area contributed by atoms with Crippen molar-refractivity contribution < 1.29 is 22.4 Å². The number of carbonyl (C=O) groups excluding carboxylic acids is 1. The predicted molar refractivity (Wildman–Crippen MR) is 117 cm³/mol. The van der Waals surface area contributed by atoms with Crippen molar-refractivity contribution >= 4 is 32.8 Å². The fraction of sp³-hybridized carbons (Fsp3) is 0.130. The first-order valence-corrected chi connectivity index (χ1v) is 11.0. The Bertz CT molecular complexity index is 1340. The highest BCUT2D eigenvalue weighted by atomic mass is 32.2. The number of fused-ring (bicyclic) bond motifs is 1. The van der Waals surface area contributed by atoms with Gasteiger partial charge in [0.2, 0.25) is 0 Å². The molecule has 0 saturated carbocycles. The van der Waals surface area contributed by atoms with Crippen LogP contribution in [0.5, 0.6) is 0 Å². The summed E-state index contributed by atoms with van der Waals surface area (Å²) >= 11 is 0. The zero-order valence-electron chi connectivity index (χ0n) is 17.0. The highest BCUT2D eigenvalue weighted by Crippen LogP contribution is 2.30. The maximum Gasteiger partial charge on any atom is 0.338 e. The van der Waals surface area contributed by atoms with E-state index in [0.29, 0.717) is 17.8 Å². The average Bonchev–Trinajstić information content (AvgIpc) is 3.16. The fourth-order valence-corrected chi connectivity index (χ4v) is 4.21. The lowest BCUT2D eigenvalue weighted by Crippen LogP contribution is -2.14. The van der Waals surface area contributed by atoms with Gasteiger partial charge in [-0.05, 0) is 36.8 Å². The van der Waals surface area contributed by atoms with E-state index in [1.54, 1.807) is 12.1 Å². The minimum Gasteiger partial charge on any atom is -0.465 e.